The van der Waals surface area contributed by atoms with Crippen molar-refractivity contribution in [3.8, 4) is 5.69 Å². The Hall–Kier alpha value is -3.56. The van der Waals surface area contributed by atoms with Gasteiger partial charge in [0.25, 0.3) is 11.8 Å². The second kappa shape index (κ2) is 11.0. The molecule has 3 rings (SSSR count). The molecule has 0 fully saturated rings. The normalized spacial score (nSPS) is 10.6. The van der Waals surface area contributed by atoms with Gasteiger partial charge in [-0.1, -0.05) is 35.5 Å². The topological polar surface area (TPSA) is 118 Å². The highest BCUT2D eigenvalue weighted by molar-refractivity contribution is 5.94. The van der Waals surface area contributed by atoms with Crippen LogP contribution in [0.3, 0.4) is 0 Å². The van der Waals surface area contributed by atoms with Crippen LogP contribution in [0.25, 0.3) is 5.69 Å². The number of amides is 2. The zero-order valence-electron chi connectivity index (χ0n) is 17.2. The van der Waals surface area contributed by atoms with Gasteiger partial charge in [0.2, 0.25) is 0 Å². The quantitative estimate of drug-likeness (QED) is 0.454. The van der Waals surface area contributed by atoms with E-state index in [1.54, 1.807) is 24.3 Å². The Morgan fingerprint density at radius 2 is 1.74 bits per heavy atom. The molecular weight excluding hydrogens is 398 g/mol. The predicted octanol–water partition coefficient (Wildman–Crippen LogP) is 1.46. The minimum atomic E-state index is -0.447. The van der Waals surface area contributed by atoms with Crippen molar-refractivity contribution in [2.75, 3.05) is 19.7 Å². The van der Waals surface area contributed by atoms with Crippen LogP contribution in [-0.4, -0.2) is 51.6 Å². The van der Waals surface area contributed by atoms with Gasteiger partial charge in [-0.15, -0.1) is 5.10 Å². The van der Waals surface area contributed by atoms with E-state index >= 15 is 0 Å². The van der Waals surface area contributed by atoms with Crippen LogP contribution >= 0.6 is 0 Å². The van der Waals surface area contributed by atoms with Gasteiger partial charge in [0.15, 0.2) is 5.69 Å². The first kappa shape index (κ1) is 22.1. The summed E-state index contributed by atoms with van der Waals surface area (Å²) in [5, 5.41) is 22.4. The van der Waals surface area contributed by atoms with E-state index in [1.807, 2.05) is 37.3 Å². The number of aliphatic hydroxyl groups is 1. The van der Waals surface area contributed by atoms with Gasteiger partial charge >= 0.3 is 0 Å². The van der Waals surface area contributed by atoms with Gasteiger partial charge in [-0.2, -0.15) is 0 Å². The Kier molecular flexibility index (Phi) is 7.85. The van der Waals surface area contributed by atoms with Crippen LogP contribution in [0.2, 0.25) is 0 Å². The van der Waals surface area contributed by atoms with Crippen LogP contribution in [0.5, 0.6) is 0 Å². The van der Waals surface area contributed by atoms with Crippen LogP contribution < -0.4 is 10.6 Å². The number of benzene rings is 2. The molecule has 0 aliphatic carbocycles. The van der Waals surface area contributed by atoms with Crippen LogP contribution in [0.1, 0.15) is 39.0 Å². The van der Waals surface area contributed by atoms with Crippen molar-refractivity contribution in [1.82, 2.24) is 25.6 Å². The van der Waals surface area contributed by atoms with Crippen LogP contribution in [0.15, 0.2) is 54.6 Å². The minimum Gasteiger partial charge on any atom is -0.395 e. The van der Waals surface area contributed by atoms with Gasteiger partial charge in [-0.3, -0.25) is 9.59 Å². The number of aliphatic hydroxyl groups excluding tert-OH is 1. The third kappa shape index (κ3) is 5.74. The third-order valence-electron chi connectivity index (χ3n) is 4.44. The number of aromatic nitrogens is 3. The van der Waals surface area contributed by atoms with E-state index in [0.717, 1.165) is 5.56 Å². The Bertz CT molecular complexity index is 1000. The lowest BCUT2D eigenvalue weighted by molar-refractivity contribution is 0.0907. The third-order valence-corrected chi connectivity index (χ3v) is 4.44. The minimum absolute atomic E-state index is 0.0991. The molecule has 0 unspecified atom stereocenters. The summed E-state index contributed by atoms with van der Waals surface area (Å²) in [7, 11) is 0. The van der Waals surface area contributed by atoms with Gasteiger partial charge in [-0.25, -0.2) is 4.68 Å². The molecule has 0 bridgehead atoms. The van der Waals surface area contributed by atoms with Crippen molar-refractivity contribution in [1.29, 1.82) is 0 Å². The first-order valence-corrected chi connectivity index (χ1v) is 9.98. The number of nitrogens with one attached hydrogen (secondary N) is 2. The fourth-order valence-corrected chi connectivity index (χ4v) is 2.92. The van der Waals surface area contributed by atoms with Crippen molar-refractivity contribution in [2.45, 2.75) is 20.1 Å². The van der Waals surface area contributed by atoms with E-state index in [1.165, 1.54) is 4.68 Å². The molecule has 3 N–H and O–H groups in total. The molecule has 9 heteroatoms. The summed E-state index contributed by atoms with van der Waals surface area (Å²) in [6, 6.07) is 16.5. The number of carbonyl (C=O) groups excluding carboxylic acids is 2. The Morgan fingerprint density at radius 1 is 1.00 bits per heavy atom. The first-order valence-electron chi connectivity index (χ1n) is 9.98. The number of rotatable bonds is 10. The SMILES string of the molecule is CCNC(=O)c1ccc(-n2nnc(C(=O)NCCO)c2COCc2ccccc2)cc1. The van der Waals surface area contributed by atoms with Crippen molar-refractivity contribution < 1.29 is 19.4 Å². The number of hydrogen-bond acceptors (Lipinski definition) is 6. The molecule has 3 aromatic rings. The smallest absolute Gasteiger partial charge is 0.273 e. The molecule has 1 aromatic heterocycles. The Morgan fingerprint density at radius 3 is 2.42 bits per heavy atom. The number of hydrogen-bond donors (Lipinski definition) is 3. The number of nitrogens with zero attached hydrogens (tertiary/aromatic N) is 3. The first-order chi connectivity index (χ1) is 15.1. The summed E-state index contributed by atoms with van der Waals surface area (Å²) >= 11 is 0. The molecule has 2 amide bonds. The molecular formula is C22H25N5O4. The highest BCUT2D eigenvalue weighted by atomic mass is 16.5. The standard InChI is InChI=1S/C22H25N5O4/c1-2-23-21(29)17-8-10-18(11-9-17)27-19(15-31-14-16-6-4-3-5-7-16)20(25-26-27)22(30)24-12-13-28/h3-11,28H,2,12-15H2,1H3,(H,23,29)(H,24,30). The maximum Gasteiger partial charge on any atom is 0.273 e. The van der Waals surface area contributed by atoms with Gasteiger partial charge < -0.3 is 20.5 Å². The fraction of sp³-hybridized carbons (Fsp3) is 0.273. The van der Waals surface area contributed by atoms with Crippen molar-refractivity contribution in [2.24, 2.45) is 0 Å². The molecule has 0 aliphatic heterocycles. The summed E-state index contributed by atoms with van der Waals surface area (Å²) in [4.78, 5) is 24.5. The number of ether oxygens (including phenoxy) is 1. The van der Waals surface area contributed by atoms with Gasteiger partial charge in [0.05, 0.1) is 25.5 Å². The Balaban J connectivity index is 1.83. The summed E-state index contributed by atoms with van der Waals surface area (Å²) in [5.41, 5.74) is 2.75. The lowest BCUT2D eigenvalue weighted by Gasteiger charge is -2.10. The zero-order valence-corrected chi connectivity index (χ0v) is 17.2. The lowest BCUT2D eigenvalue weighted by atomic mass is 10.2. The van der Waals surface area contributed by atoms with Crippen molar-refractivity contribution in [3.63, 3.8) is 0 Å². The maximum atomic E-state index is 12.5. The Labute approximate surface area is 180 Å². The predicted molar refractivity (Wildman–Crippen MR) is 114 cm³/mol. The molecule has 9 nitrogen and oxygen atoms in total. The maximum absolute atomic E-state index is 12.5. The molecule has 0 saturated carbocycles. The molecule has 0 atom stereocenters. The van der Waals surface area contributed by atoms with Gasteiger partial charge in [-0.05, 0) is 36.8 Å². The van der Waals surface area contributed by atoms with Gasteiger partial charge in [0.1, 0.15) is 5.69 Å². The molecule has 31 heavy (non-hydrogen) atoms. The lowest BCUT2D eigenvalue weighted by Crippen LogP contribution is -2.28. The van der Waals surface area contributed by atoms with E-state index < -0.39 is 5.91 Å². The molecule has 0 saturated heterocycles. The number of carbonyl (C=O) groups is 2. The highest BCUT2D eigenvalue weighted by Gasteiger charge is 2.21. The summed E-state index contributed by atoms with van der Waals surface area (Å²) in [6.45, 7) is 2.78. The van der Waals surface area contributed by atoms with Crippen LogP contribution in [0, 0.1) is 0 Å². The highest BCUT2D eigenvalue weighted by Crippen LogP contribution is 2.16. The van der Waals surface area contributed by atoms with Gasteiger partial charge in [0, 0.05) is 18.7 Å². The van der Waals surface area contributed by atoms with Crippen molar-refractivity contribution >= 4 is 11.8 Å². The summed E-state index contributed by atoms with van der Waals surface area (Å²) in [6.07, 6.45) is 0. The largest absolute Gasteiger partial charge is 0.395 e. The molecule has 2 aromatic carbocycles. The zero-order chi connectivity index (χ0) is 22.1. The van der Waals surface area contributed by atoms with Crippen molar-refractivity contribution in [3.05, 3.63) is 77.1 Å². The van der Waals surface area contributed by atoms with E-state index in [9.17, 15) is 9.59 Å². The van der Waals surface area contributed by atoms with E-state index in [2.05, 4.69) is 20.9 Å². The molecule has 162 valence electrons. The molecule has 0 spiro atoms. The van der Waals surface area contributed by atoms with E-state index in [-0.39, 0.29) is 31.4 Å². The average Bonchev–Trinajstić information content (AvgIpc) is 3.22. The molecule has 0 radical (unpaired) electrons. The fourth-order valence-electron chi connectivity index (χ4n) is 2.92. The summed E-state index contributed by atoms with van der Waals surface area (Å²) in [5.74, 6) is -0.610. The molecule has 1 heterocycles. The van der Waals surface area contributed by atoms with E-state index in [0.29, 0.717) is 30.1 Å². The second-order valence-corrected chi connectivity index (χ2v) is 6.66. The molecule has 0 aliphatic rings. The monoisotopic (exact) mass is 423 g/mol. The van der Waals surface area contributed by atoms with Crippen LogP contribution in [0.4, 0.5) is 0 Å². The van der Waals surface area contributed by atoms with Crippen LogP contribution in [-0.2, 0) is 18.0 Å². The van der Waals surface area contributed by atoms with E-state index in [4.69, 9.17) is 9.84 Å². The average molecular weight is 423 g/mol. The summed E-state index contributed by atoms with van der Waals surface area (Å²) < 4.78 is 7.34. The second-order valence-electron chi connectivity index (χ2n) is 6.66.